The molecule has 0 nitrogen and oxygen atoms in total. The molecular weight excluding hydrogens is 275 g/mol. The fraction of sp³-hybridized carbons (Fsp3) is 0.944. The second-order valence-corrected chi connectivity index (χ2v) is 5.80. The van der Waals surface area contributed by atoms with E-state index >= 15 is 0 Å². The van der Waals surface area contributed by atoms with Crippen LogP contribution in [0.5, 0.6) is 0 Å². The fourth-order valence-electron chi connectivity index (χ4n) is 2.55. The van der Waals surface area contributed by atoms with Crippen LogP contribution in [0.3, 0.4) is 0 Å². The van der Waals surface area contributed by atoms with Gasteiger partial charge < -0.3 is 6.92 Å². The van der Waals surface area contributed by atoms with Crippen LogP contribution in [-0.2, 0) is 16.5 Å². The Morgan fingerprint density at radius 3 is 1.00 bits per heavy atom. The van der Waals surface area contributed by atoms with E-state index in [-0.39, 0.29) is 16.5 Å². The maximum atomic E-state index is 3.88. The molecule has 0 spiro atoms. The third-order valence-corrected chi connectivity index (χ3v) is 3.85. The standard InChI is InChI=1S/C18H37.Ni/c1-3-5-7-9-11-13-15-17-18-16-14-12-10-8-6-4-2;/h1,3-18H2,2H3;/q-1;. The summed E-state index contributed by atoms with van der Waals surface area (Å²) in [4.78, 5) is 0. The van der Waals surface area contributed by atoms with Gasteiger partial charge in [0.1, 0.15) is 0 Å². The first-order valence-electron chi connectivity index (χ1n) is 8.71. The van der Waals surface area contributed by atoms with Crippen molar-refractivity contribution in [1.29, 1.82) is 0 Å². The molecule has 0 atom stereocenters. The van der Waals surface area contributed by atoms with Crippen molar-refractivity contribution in [2.75, 3.05) is 0 Å². The molecule has 0 fully saturated rings. The Morgan fingerprint density at radius 2 is 0.737 bits per heavy atom. The molecule has 0 aliphatic carbocycles. The maximum Gasteiger partial charge on any atom is 0 e. The van der Waals surface area contributed by atoms with Crippen LogP contribution in [0.2, 0.25) is 0 Å². The molecule has 0 aromatic heterocycles. The Labute approximate surface area is 133 Å². The summed E-state index contributed by atoms with van der Waals surface area (Å²) in [5.74, 6) is 0. The molecule has 0 radical (unpaired) electrons. The van der Waals surface area contributed by atoms with E-state index in [1.807, 2.05) is 0 Å². The first kappa shape index (κ1) is 21.8. The molecule has 0 rings (SSSR count). The van der Waals surface area contributed by atoms with Gasteiger partial charge in [-0.2, -0.15) is 6.42 Å². The summed E-state index contributed by atoms with van der Waals surface area (Å²) in [5, 5.41) is 0. The molecule has 0 aromatic carbocycles. The molecule has 19 heavy (non-hydrogen) atoms. The van der Waals surface area contributed by atoms with Crippen LogP contribution >= 0.6 is 0 Å². The van der Waals surface area contributed by atoms with Gasteiger partial charge in [0.25, 0.3) is 0 Å². The van der Waals surface area contributed by atoms with Gasteiger partial charge in [-0.1, -0.05) is 103 Å². The SMILES string of the molecule is [CH2-]CCCCCCCCCCCCCCCCC.[Ni]. The monoisotopic (exact) mass is 311 g/mol. The Morgan fingerprint density at radius 1 is 0.474 bits per heavy atom. The summed E-state index contributed by atoms with van der Waals surface area (Å²) in [5.41, 5.74) is 0. The van der Waals surface area contributed by atoms with Crippen LogP contribution < -0.4 is 0 Å². The van der Waals surface area contributed by atoms with Crippen LogP contribution in [0.15, 0.2) is 0 Å². The van der Waals surface area contributed by atoms with Crippen molar-refractivity contribution >= 4 is 0 Å². The molecule has 0 aliphatic heterocycles. The summed E-state index contributed by atoms with van der Waals surface area (Å²) >= 11 is 0. The van der Waals surface area contributed by atoms with E-state index in [0.29, 0.717) is 0 Å². The van der Waals surface area contributed by atoms with Gasteiger partial charge >= 0.3 is 0 Å². The number of unbranched alkanes of at least 4 members (excludes halogenated alkanes) is 15. The maximum absolute atomic E-state index is 3.88. The molecular formula is C18H37Ni-. The Hall–Kier alpha value is 0.494. The smallest absolute Gasteiger partial charge is 0 e. The van der Waals surface area contributed by atoms with E-state index < -0.39 is 0 Å². The molecule has 0 saturated carbocycles. The van der Waals surface area contributed by atoms with Crippen LogP contribution in [-0.4, -0.2) is 0 Å². The fourth-order valence-corrected chi connectivity index (χ4v) is 2.55. The van der Waals surface area contributed by atoms with Gasteiger partial charge in [-0.3, -0.25) is 0 Å². The van der Waals surface area contributed by atoms with Gasteiger partial charge in [0.05, 0.1) is 0 Å². The van der Waals surface area contributed by atoms with E-state index in [2.05, 4.69) is 13.8 Å². The summed E-state index contributed by atoms with van der Waals surface area (Å²) in [7, 11) is 0. The zero-order valence-electron chi connectivity index (χ0n) is 13.3. The van der Waals surface area contributed by atoms with E-state index in [4.69, 9.17) is 0 Å². The summed E-state index contributed by atoms with van der Waals surface area (Å²) in [6, 6.07) is 0. The molecule has 120 valence electrons. The second-order valence-electron chi connectivity index (χ2n) is 5.80. The van der Waals surface area contributed by atoms with Crippen LogP contribution in [0.4, 0.5) is 0 Å². The minimum atomic E-state index is 0. The Balaban J connectivity index is 0. The molecule has 0 unspecified atom stereocenters. The minimum absolute atomic E-state index is 0. The van der Waals surface area contributed by atoms with E-state index in [0.717, 1.165) is 6.42 Å². The van der Waals surface area contributed by atoms with Gasteiger partial charge in [-0.15, -0.1) is 0 Å². The van der Waals surface area contributed by atoms with Gasteiger partial charge in [0.2, 0.25) is 0 Å². The van der Waals surface area contributed by atoms with Crippen molar-refractivity contribution in [1.82, 2.24) is 0 Å². The molecule has 1 heteroatoms. The number of rotatable bonds is 15. The van der Waals surface area contributed by atoms with Crippen molar-refractivity contribution in [3.8, 4) is 0 Å². The largest absolute Gasteiger partial charge is 0.343 e. The molecule has 0 heterocycles. The van der Waals surface area contributed by atoms with Crippen molar-refractivity contribution in [2.24, 2.45) is 0 Å². The topological polar surface area (TPSA) is 0 Å². The molecule has 0 saturated heterocycles. The third kappa shape index (κ3) is 21.0. The van der Waals surface area contributed by atoms with E-state index in [9.17, 15) is 0 Å². The van der Waals surface area contributed by atoms with Gasteiger partial charge in [0.15, 0.2) is 0 Å². The van der Waals surface area contributed by atoms with Gasteiger partial charge in [-0.05, 0) is 0 Å². The molecule has 0 aromatic rings. The summed E-state index contributed by atoms with van der Waals surface area (Å²) in [6.07, 6.45) is 22.8. The molecule has 0 aliphatic rings. The zero-order chi connectivity index (χ0) is 13.3. The summed E-state index contributed by atoms with van der Waals surface area (Å²) < 4.78 is 0. The van der Waals surface area contributed by atoms with Crippen LogP contribution in [0.25, 0.3) is 0 Å². The van der Waals surface area contributed by atoms with Gasteiger partial charge in [-0.25, -0.2) is 0 Å². The van der Waals surface area contributed by atoms with E-state index in [1.54, 1.807) is 0 Å². The first-order chi connectivity index (χ1) is 8.91. The number of hydrogen-bond acceptors (Lipinski definition) is 0. The van der Waals surface area contributed by atoms with Crippen molar-refractivity contribution in [3.63, 3.8) is 0 Å². The van der Waals surface area contributed by atoms with Crippen molar-refractivity contribution < 1.29 is 16.5 Å². The predicted octanol–water partition coefficient (Wildman–Crippen LogP) is 7.08. The minimum Gasteiger partial charge on any atom is -0.343 e. The second kappa shape index (κ2) is 20.8. The summed E-state index contributed by atoms with van der Waals surface area (Å²) in [6.45, 7) is 6.18. The van der Waals surface area contributed by atoms with Crippen LogP contribution in [0, 0.1) is 6.92 Å². The van der Waals surface area contributed by atoms with E-state index in [1.165, 1.54) is 96.3 Å². The zero-order valence-corrected chi connectivity index (χ0v) is 14.3. The van der Waals surface area contributed by atoms with Crippen molar-refractivity contribution in [2.45, 2.75) is 110 Å². The average Bonchev–Trinajstić information content (AvgIpc) is 2.39. The van der Waals surface area contributed by atoms with Crippen LogP contribution in [0.1, 0.15) is 110 Å². The Kier molecular flexibility index (Phi) is 23.9. The first-order valence-corrected chi connectivity index (χ1v) is 8.71. The average molecular weight is 312 g/mol. The Bertz CT molecular complexity index is 118. The molecule has 0 bridgehead atoms. The predicted molar refractivity (Wildman–Crippen MR) is 84.9 cm³/mol. The molecule has 0 amide bonds. The third-order valence-electron chi connectivity index (χ3n) is 3.85. The normalized spacial score (nSPS) is 10.4. The molecule has 0 N–H and O–H groups in total. The quantitative estimate of drug-likeness (QED) is 0.172. The number of hydrogen-bond donors (Lipinski definition) is 0. The van der Waals surface area contributed by atoms with Gasteiger partial charge in [0, 0.05) is 16.5 Å². The van der Waals surface area contributed by atoms with Crippen molar-refractivity contribution in [3.05, 3.63) is 6.92 Å².